The van der Waals surface area contributed by atoms with Crippen molar-refractivity contribution in [2.24, 2.45) is 4.40 Å². The van der Waals surface area contributed by atoms with Crippen LogP contribution in [0.4, 0.5) is 5.69 Å². The minimum Gasteiger partial charge on any atom is -0.591 e. The molecule has 2 aliphatic rings. The van der Waals surface area contributed by atoms with Crippen LogP contribution in [0.25, 0.3) is 0 Å². The van der Waals surface area contributed by atoms with Gasteiger partial charge < -0.3 is 14.2 Å². The van der Waals surface area contributed by atoms with Crippen LogP contribution in [0.15, 0.2) is 27.1 Å². The molecule has 4 nitrogen and oxygen atoms in total. The second-order valence-corrected chi connectivity index (χ2v) is 9.51. The number of rotatable bonds is 1. The number of benzene rings is 1. The lowest BCUT2D eigenvalue weighted by atomic mass is 9.93. The third kappa shape index (κ3) is 3.20. The number of hydrogen-bond acceptors (Lipinski definition) is 4. The Balaban J connectivity index is 2.04. The van der Waals surface area contributed by atoms with Gasteiger partial charge in [0.1, 0.15) is 21.8 Å². The van der Waals surface area contributed by atoms with Gasteiger partial charge in [-0.25, -0.2) is 0 Å². The van der Waals surface area contributed by atoms with Crippen LogP contribution in [0.2, 0.25) is 0 Å². The smallest absolute Gasteiger partial charge is 0.144 e. The standard InChI is InChI=1S/C16H21BrN2O2S/c1-16(2,3)22(20)18-14-9-12-10-21-7-6-19(12)15-8-11(17)4-5-13(14)15/h4-5,8,12H,6-7,9-10H2,1-3H3/b18-14-. The molecule has 0 aliphatic carbocycles. The molecule has 3 rings (SSSR count). The highest BCUT2D eigenvalue weighted by atomic mass is 79.9. The number of fused-ring (bicyclic) bond motifs is 3. The molecule has 2 unspecified atom stereocenters. The SMILES string of the molecule is CC(C)(C)[S+]([O-])/N=C1/CC2COCCN2c2cc(Br)ccc21. The number of morpholine rings is 1. The molecule has 2 aliphatic heterocycles. The molecule has 0 radical (unpaired) electrons. The molecular formula is C16H21BrN2O2S. The van der Waals surface area contributed by atoms with Gasteiger partial charge in [0.15, 0.2) is 0 Å². The molecule has 120 valence electrons. The summed E-state index contributed by atoms with van der Waals surface area (Å²) in [5.41, 5.74) is 3.19. The minimum atomic E-state index is -1.24. The van der Waals surface area contributed by atoms with Crippen molar-refractivity contribution in [3.8, 4) is 0 Å². The summed E-state index contributed by atoms with van der Waals surface area (Å²) in [6.45, 7) is 8.21. The van der Waals surface area contributed by atoms with Crippen LogP contribution in [0.1, 0.15) is 32.8 Å². The first-order valence-corrected chi connectivity index (χ1v) is 9.40. The second kappa shape index (κ2) is 6.15. The monoisotopic (exact) mass is 384 g/mol. The maximum absolute atomic E-state index is 12.4. The third-order valence-corrected chi connectivity index (χ3v) is 5.88. The molecule has 0 bridgehead atoms. The van der Waals surface area contributed by atoms with Gasteiger partial charge in [-0.3, -0.25) is 0 Å². The van der Waals surface area contributed by atoms with E-state index in [4.69, 9.17) is 4.74 Å². The molecule has 0 aromatic heterocycles. The van der Waals surface area contributed by atoms with Gasteiger partial charge in [0.2, 0.25) is 0 Å². The van der Waals surface area contributed by atoms with E-state index >= 15 is 0 Å². The van der Waals surface area contributed by atoms with Crippen LogP contribution < -0.4 is 4.90 Å². The van der Waals surface area contributed by atoms with Gasteiger partial charge in [0, 0.05) is 28.7 Å². The van der Waals surface area contributed by atoms with Gasteiger partial charge in [-0.1, -0.05) is 20.3 Å². The first kappa shape index (κ1) is 16.3. The summed E-state index contributed by atoms with van der Waals surface area (Å²) in [4.78, 5) is 2.39. The van der Waals surface area contributed by atoms with Gasteiger partial charge >= 0.3 is 0 Å². The van der Waals surface area contributed by atoms with Gasteiger partial charge in [-0.15, -0.1) is 0 Å². The zero-order valence-corrected chi connectivity index (χ0v) is 15.5. The Labute approximate surface area is 143 Å². The predicted molar refractivity (Wildman–Crippen MR) is 95.1 cm³/mol. The molecule has 0 N–H and O–H groups in total. The lowest BCUT2D eigenvalue weighted by Crippen LogP contribution is -2.50. The van der Waals surface area contributed by atoms with E-state index in [1.807, 2.05) is 26.8 Å². The third-order valence-electron chi connectivity index (χ3n) is 3.95. The summed E-state index contributed by atoms with van der Waals surface area (Å²) in [5.74, 6) is 0. The maximum Gasteiger partial charge on any atom is 0.144 e. The molecule has 1 aromatic rings. The van der Waals surface area contributed by atoms with Gasteiger partial charge in [0.05, 0.1) is 19.3 Å². The largest absolute Gasteiger partial charge is 0.591 e. The fourth-order valence-electron chi connectivity index (χ4n) is 2.78. The molecule has 1 saturated heterocycles. The Bertz CT molecular complexity index is 600. The molecule has 1 aromatic carbocycles. The Morgan fingerprint density at radius 2 is 2.18 bits per heavy atom. The van der Waals surface area contributed by atoms with Crippen molar-refractivity contribution in [1.82, 2.24) is 0 Å². The second-order valence-electron chi connectivity index (χ2n) is 6.69. The van der Waals surface area contributed by atoms with Gasteiger partial charge in [-0.2, -0.15) is 0 Å². The van der Waals surface area contributed by atoms with E-state index in [9.17, 15) is 4.55 Å². The van der Waals surface area contributed by atoms with Crippen LogP contribution in [-0.4, -0.2) is 40.8 Å². The van der Waals surface area contributed by atoms with E-state index < -0.39 is 11.4 Å². The zero-order chi connectivity index (χ0) is 15.9. The highest BCUT2D eigenvalue weighted by Gasteiger charge is 2.35. The summed E-state index contributed by atoms with van der Waals surface area (Å²) < 4.78 is 23.3. The van der Waals surface area contributed by atoms with Crippen LogP contribution in [-0.2, 0) is 16.1 Å². The molecule has 0 amide bonds. The van der Waals surface area contributed by atoms with Crippen molar-refractivity contribution in [2.45, 2.75) is 38.0 Å². The maximum atomic E-state index is 12.4. The molecule has 2 atom stereocenters. The summed E-state index contributed by atoms with van der Waals surface area (Å²) in [7, 11) is 0. The van der Waals surface area contributed by atoms with Crippen LogP contribution in [0.5, 0.6) is 0 Å². The fraction of sp³-hybridized carbons (Fsp3) is 0.562. The molecular weight excluding hydrogens is 364 g/mol. The number of halogens is 1. The van der Waals surface area contributed by atoms with Crippen molar-refractivity contribution in [3.63, 3.8) is 0 Å². The Kier molecular flexibility index (Phi) is 4.56. The molecule has 0 spiro atoms. The van der Waals surface area contributed by atoms with Crippen molar-refractivity contribution in [3.05, 3.63) is 28.2 Å². The summed E-state index contributed by atoms with van der Waals surface area (Å²) in [6, 6.07) is 6.51. The van der Waals surface area contributed by atoms with Crippen molar-refractivity contribution < 1.29 is 9.29 Å². The van der Waals surface area contributed by atoms with Crippen LogP contribution in [0, 0.1) is 0 Å². The van der Waals surface area contributed by atoms with E-state index in [2.05, 4.69) is 37.4 Å². The normalized spacial score (nSPS) is 24.9. The van der Waals surface area contributed by atoms with Crippen molar-refractivity contribution in [2.75, 3.05) is 24.7 Å². The predicted octanol–water partition coefficient (Wildman–Crippen LogP) is 3.31. The topological polar surface area (TPSA) is 47.9 Å². The van der Waals surface area contributed by atoms with Crippen molar-refractivity contribution in [1.29, 1.82) is 0 Å². The van der Waals surface area contributed by atoms with E-state index in [1.165, 1.54) is 5.69 Å². The zero-order valence-electron chi connectivity index (χ0n) is 13.1. The van der Waals surface area contributed by atoms with E-state index in [0.717, 1.165) is 35.3 Å². The Morgan fingerprint density at radius 1 is 1.41 bits per heavy atom. The van der Waals surface area contributed by atoms with Crippen molar-refractivity contribution >= 4 is 38.7 Å². The lowest BCUT2D eigenvalue weighted by molar-refractivity contribution is 0.0952. The van der Waals surface area contributed by atoms with Gasteiger partial charge in [-0.05, 0) is 39.0 Å². The highest BCUT2D eigenvalue weighted by molar-refractivity contribution is 9.10. The number of anilines is 1. The average Bonchev–Trinajstić information content (AvgIpc) is 2.46. The lowest BCUT2D eigenvalue weighted by Gasteiger charge is -2.42. The average molecular weight is 385 g/mol. The highest BCUT2D eigenvalue weighted by Crippen LogP contribution is 2.35. The number of hydrogen-bond donors (Lipinski definition) is 0. The first-order chi connectivity index (χ1) is 10.4. The summed E-state index contributed by atoms with van der Waals surface area (Å²) >= 11 is 2.31. The molecule has 6 heteroatoms. The first-order valence-electron chi connectivity index (χ1n) is 7.50. The van der Waals surface area contributed by atoms with E-state index in [1.54, 1.807) is 0 Å². The number of nitrogens with zero attached hydrogens (tertiary/aromatic N) is 2. The van der Waals surface area contributed by atoms with Gasteiger partial charge in [0.25, 0.3) is 0 Å². The Hall–Kier alpha value is -0.560. The molecule has 22 heavy (non-hydrogen) atoms. The van der Waals surface area contributed by atoms with Crippen LogP contribution in [0.3, 0.4) is 0 Å². The fourth-order valence-corrected chi connectivity index (χ4v) is 3.78. The quantitative estimate of drug-likeness (QED) is 0.697. The number of ether oxygens (including phenoxy) is 1. The minimum absolute atomic E-state index is 0.284. The summed E-state index contributed by atoms with van der Waals surface area (Å²) in [5, 5.41) is 0. The van der Waals surface area contributed by atoms with E-state index in [-0.39, 0.29) is 10.8 Å². The molecule has 0 saturated carbocycles. The van der Waals surface area contributed by atoms with Crippen LogP contribution >= 0.6 is 15.9 Å². The summed E-state index contributed by atoms with van der Waals surface area (Å²) in [6.07, 6.45) is 0.788. The van der Waals surface area contributed by atoms with E-state index in [0.29, 0.717) is 6.61 Å². The molecule has 1 fully saturated rings. The Morgan fingerprint density at radius 3 is 2.91 bits per heavy atom. The molecule has 2 heterocycles.